The van der Waals surface area contributed by atoms with Gasteiger partial charge in [0.1, 0.15) is 13.2 Å². The van der Waals surface area contributed by atoms with Crippen molar-refractivity contribution < 1.29 is 52.7 Å². The van der Waals surface area contributed by atoms with Gasteiger partial charge in [-0.05, 0) is 0 Å². The van der Waals surface area contributed by atoms with E-state index in [1.54, 1.807) is 0 Å². The number of carbonyl (C=O) groups is 4. The highest BCUT2D eigenvalue weighted by atomic mass is 16.6. The minimum atomic E-state index is -1.56. The van der Waals surface area contributed by atoms with E-state index in [9.17, 15) is 19.2 Å². The number of Topliss-reactive ketones (excluding diaryl/α,β-unsaturated/α-hetero) is 1. The van der Waals surface area contributed by atoms with E-state index in [4.69, 9.17) is 33.5 Å². The molecule has 0 rings (SSSR count). The summed E-state index contributed by atoms with van der Waals surface area (Å²) in [4.78, 5) is 42.8. The van der Waals surface area contributed by atoms with Gasteiger partial charge in [0.05, 0.1) is 59.3 Å². The maximum Gasteiger partial charge on any atom is 0.372 e. The highest BCUT2D eigenvalue weighted by Gasteiger charge is 2.14. The van der Waals surface area contributed by atoms with E-state index in [1.807, 2.05) is 0 Å². The Balaban J connectivity index is 3.21. The molecule has 0 unspecified atom stereocenters. The van der Waals surface area contributed by atoms with Gasteiger partial charge in [0, 0.05) is 13.3 Å². The first-order chi connectivity index (χ1) is 13.4. The van der Waals surface area contributed by atoms with E-state index < -0.39 is 17.7 Å². The van der Waals surface area contributed by atoms with Gasteiger partial charge < -0.3 is 33.5 Å². The van der Waals surface area contributed by atoms with Crippen molar-refractivity contribution in [3.63, 3.8) is 0 Å². The molecule has 0 aromatic carbocycles. The predicted molar refractivity (Wildman–Crippen MR) is 92.7 cm³/mol. The zero-order valence-corrected chi connectivity index (χ0v) is 16.0. The maximum absolute atomic E-state index is 11.2. The van der Waals surface area contributed by atoms with E-state index >= 15 is 0 Å². The van der Waals surface area contributed by atoms with E-state index in [0.29, 0.717) is 46.2 Å². The number of carboxylic acid groups (broad SMARTS) is 1. The van der Waals surface area contributed by atoms with Gasteiger partial charge in [-0.25, -0.2) is 4.79 Å². The molecule has 11 nitrogen and oxygen atoms in total. The first kappa shape index (κ1) is 25.9. The molecule has 28 heavy (non-hydrogen) atoms. The normalized spacial score (nSPS) is 10.5. The summed E-state index contributed by atoms with van der Waals surface area (Å²) in [5.74, 6) is -3.58. The number of ketones is 1. The quantitative estimate of drug-likeness (QED) is 0.169. The fraction of sp³-hybridized carbons (Fsp3) is 0.765. The lowest BCUT2D eigenvalue weighted by atomic mass is 10.2. The zero-order chi connectivity index (χ0) is 21.0. The largest absolute Gasteiger partial charge is 0.476 e. The molecule has 0 radical (unpaired) electrons. The van der Waals surface area contributed by atoms with Gasteiger partial charge in [0.25, 0.3) is 0 Å². The molecule has 0 aliphatic heterocycles. The second-order valence-electron chi connectivity index (χ2n) is 5.24. The molecule has 0 heterocycles. The number of hydrogen-bond acceptors (Lipinski definition) is 10. The first-order valence-corrected chi connectivity index (χ1v) is 8.79. The number of ether oxygens (including phenoxy) is 6. The minimum absolute atomic E-state index is 0.0145. The van der Waals surface area contributed by atoms with Crippen molar-refractivity contribution in [3.05, 3.63) is 0 Å². The van der Waals surface area contributed by atoms with Crippen LogP contribution in [0.1, 0.15) is 19.8 Å². The molecule has 1 N–H and O–H groups in total. The molecular formula is C17H28O11. The summed E-state index contributed by atoms with van der Waals surface area (Å²) in [6, 6.07) is 0. The molecule has 0 aliphatic carbocycles. The summed E-state index contributed by atoms with van der Waals surface area (Å²) < 4.78 is 30.4. The van der Waals surface area contributed by atoms with Crippen molar-refractivity contribution in [2.75, 3.05) is 66.1 Å². The molecule has 0 saturated carbocycles. The molecule has 0 spiro atoms. The summed E-state index contributed by atoms with van der Waals surface area (Å²) in [6.07, 6.45) is -0.656. The molecule has 0 amide bonds. The van der Waals surface area contributed by atoms with Gasteiger partial charge in [0.2, 0.25) is 5.78 Å². The van der Waals surface area contributed by atoms with E-state index in [0.717, 1.165) is 0 Å². The van der Waals surface area contributed by atoms with Gasteiger partial charge in [-0.15, -0.1) is 0 Å². The average Bonchev–Trinajstić information content (AvgIpc) is 2.65. The number of esters is 2. The zero-order valence-electron chi connectivity index (χ0n) is 16.0. The third-order valence-electron chi connectivity index (χ3n) is 2.93. The predicted octanol–water partition coefficient (Wildman–Crippen LogP) is -0.407. The van der Waals surface area contributed by atoms with Crippen LogP contribution in [0.25, 0.3) is 0 Å². The first-order valence-electron chi connectivity index (χ1n) is 8.79. The molecule has 0 aromatic rings. The SMILES string of the molecule is CC(=O)OCCOCCOCCOCCOCCOC(=O)CCC(=O)C(=O)O. The summed E-state index contributed by atoms with van der Waals surface area (Å²) in [5.41, 5.74) is 0. The van der Waals surface area contributed by atoms with Crippen LogP contribution in [0.5, 0.6) is 0 Å². The molecule has 0 aliphatic rings. The lowest BCUT2D eigenvalue weighted by Gasteiger charge is -2.08. The van der Waals surface area contributed by atoms with Crippen LogP contribution in [-0.2, 0) is 47.6 Å². The summed E-state index contributed by atoms with van der Waals surface area (Å²) in [6.45, 7) is 4.33. The molecule has 11 heteroatoms. The highest BCUT2D eigenvalue weighted by Crippen LogP contribution is 1.95. The summed E-state index contributed by atoms with van der Waals surface area (Å²) in [5, 5.41) is 8.37. The molecule has 0 saturated heterocycles. The van der Waals surface area contributed by atoms with Crippen LogP contribution in [0.3, 0.4) is 0 Å². The lowest BCUT2D eigenvalue weighted by Crippen LogP contribution is -2.17. The molecule has 0 aromatic heterocycles. The molecule has 0 fully saturated rings. The van der Waals surface area contributed by atoms with Crippen LogP contribution < -0.4 is 0 Å². The van der Waals surface area contributed by atoms with Crippen molar-refractivity contribution in [1.82, 2.24) is 0 Å². The lowest BCUT2D eigenvalue weighted by molar-refractivity contribution is -0.151. The molecular weight excluding hydrogens is 380 g/mol. The van der Waals surface area contributed by atoms with Gasteiger partial charge in [-0.3, -0.25) is 14.4 Å². The summed E-state index contributed by atoms with van der Waals surface area (Å²) in [7, 11) is 0. The Kier molecular flexibility index (Phi) is 16.9. The number of carboxylic acids is 1. The fourth-order valence-corrected chi connectivity index (χ4v) is 1.62. The Hall–Kier alpha value is -2.08. The van der Waals surface area contributed by atoms with Crippen LogP contribution in [0.4, 0.5) is 0 Å². The standard InChI is InChI=1S/C17H28O11/c1-14(18)27-12-10-25-8-6-23-4-5-24-7-9-26-11-13-28-16(20)3-2-15(19)17(21)22/h2-13H2,1H3,(H,21,22). The Labute approximate surface area is 163 Å². The highest BCUT2D eigenvalue weighted by molar-refractivity contribution is 6.32. The van der Waals surface area contributed by atoms with Crippen LogP contribution >= 0.6 is 0 Å². The maximum atomic E-state index is 11.2. The van der Waals surface area contributed by atoms with Crippen molar-refractivity contribution >= 4 is 23.7 Å². The Bertz CT molecular complexity index is 464. The minimum Gasteiger partial charge on any atom is -0.476 e. The Morgan fingerprint density at radius 3 is 1.39 bits per heavy atom. The molecule has 162 valence electrons. The monoisotopic (exact) mass is 408 g/mol. The van der Waals surface area contributed by atoms with Crippen molar-refractivity contribution in [2.24, 2.45) is 0 Å². The van der Waals surface area contributed by atoms with Gasteiger partial charge in [-0.2, -0.15) is 0 Å². The van der Waals surface area contributed by atoms with Crippen molar-refractivity contribution in [1.29, 1.82) is 0 Å². The molecule has 0 bridgehead atoms. The topological polar surface area (TPSA) is 144 Å². The number of hydrogen-bond donors (Lipinski definition) is 1. The van der Waals surface area contributed by atoms with Gasteiger partial charge in [-0.1, -0.05) is 0 Å². The Morgan fingerprint density at radius 2 is 1.00 bits per heavy atom. The second kappa shape index (κ2) is 18.3. The van der Waals surface area contributed by atoms with Gasteiger partial charge in [0.15, 0.2) is 0 Å². The second-order valence-corrected chi connectivity index (χ2v) is 5.24. The van der Waals surface area contributed by atoms with Crippen LogP contribution in [0.2, 0.25) is 0 Å². The van der Waals surface area contributed by atoms with Crippen LogP contribution in [0.15, 0.2) is 0 Å². The fourth-order valence-electron chi connectivity index (χ4n) is 1.62. The average molecular weight is 408 g/mol. The third kappa shape index (κ3) is 18.7. The smallest absolute Gasteiger partial charge is 0.372 e. The number of aliphatic carboxylic acids is 1. The van der Waals surface area contributed by atoms with Crippen molar-refractivity contribution in [2.45, 2.75) is 19.8 Å². The summed E-state index contributed by atoms with van der Waals surface area (Å²) >= 11 is 0. The van der Waals surface area contributed by atoms with Crippen LogP contribution in [0, 0.1) is 0 Å². The van der Waals surface area contributed by atoms with E-state index in [2.05, 4.69) is 0 Å². The van der Waals surface area contributed by atoms with Crippen molar-refractivity contribution in [3.8, 4) is 0 Å². The molecule has 0 atom stereocenters. The van der Waals surface area contributed by atoms with Crippen LogP contribution in [-0.4, -0.2) is 94.9 Å². The third-order valence-corrected chi connectivity index (χ3v) is 2.93. The number of carbonyl (C=O) groups excluding carboxylic acids is 3. The Morgan fingerprint density at radius 1 is 0.607 bits per heavy atom. The van der Waals surface area contributed by atoms with E-state index in [1.165, 1.54) is 6.92 Å². The van der Waals surface area contributed by atoms with E-state index in [-0.39, 0.29) is 38.6 Å². The number of rotatable bonds is 19. The van der Waals surface area contributed by atoms with Gasteiger partial charge >= 0.3 is 17.9 Å².